The molecule has 0 amide bonds. The van der Waals surface area contributed by atoms with E-state index in [9.17, 15) is 4.79 Å². The first-order chi connectivity index (χ1) is 8.22. The van der Waals surface area contributed by atoms with Gasteiger partial charge in [0.15, 0.2) is 0 Å². The fourth-order valence-electron chi connectivity index (χ4n) is 1.68. The summed E-state index contributed by atoms with van der Waals surface area (Å²) in [6.07, 6.45) is 1.95. The molecule has 0 aliphatic heterocycles. The van der Waals surface area contributed by atoms with E-state index in [1.807, 2.05) is 42.7 Å². The van der Waals surface area contributed by atoms with Crippen molar-refractivity contribution in [3.8, 4) is 11.1 Å². The Morgan fingerprint density at radius 1 is 1.11 bits per heavy atom. The number of carboxylic acids is 1. The van der Waals surface area contributed by atoms with E-state index in [0.29, 0.717) is 5.56 Å². The minimum absolute atomic E-state index is 0. The molecule has 0 spiro atoms. The maximum absolute atomic E-state index is 10.9. The molecule has 1 N–H and O–H groups in total. The lowest BCUT2D eigenvalue weighted by atomic mass is 10.0. The molecular weight excluding hydrogens is 268 g/mol. The maximum Gasteiger partial charge on any atom is 0.335 e. The van der Waals surface area contributed by atoms with Crippen LogP contribution in [-0.4, -0.2) is 17.3 Å². The number of carbonyl (C=O) groups is 1. The highest BCUT2D eigenvalue weighted by Gasteiger charge is 2.08. The molecular formula is C14H13ClO2S. The number of aromatic carboxylic acids is 1. The highest BCUT2D eigenvalue weighted by molar-refractivity contribution is 7.98. The normalized spacial score (nSPS) is 9.61. The van der Waals surface area contributed by atoms with Crippen LogP contribution in [0.3, 0.4) is 0 Å². The lowest BCUT2D eigenvalue weighted by Gasteiger charge is -2.08. The number of thioether (sulfide) groups is 1. The Kier molecular flexibility index (Phi) is 5.25. The van der Waals surface area contributed by atoms with E-state index in [1.54, 1.807) is 23.9 Å². The quantitative estimate of drug-likeness (QED) is 0.857. The van der Waals surface area contributed by atoms with Crippen molar-refractivity contribution >= 4 is 30.1 Å². The highest BCUT2D eigenvalue weighted by atomic mass is 35.5. The third kappa shape index (κ3) is 3.06. The largest absolute Gasteiger partial charge is 0.478 e. The minimum atomic E-state index is -0.889. The Labute approximate surface area is 116 Å². The molecule has 94 valence electrons. The number of rotatable bonds is 3. The van der Waals surface area contributed by atoms with Gasteiger partial charge in [0.05, 0.1) is 5.56 Å². The molecule has 0 aliphatic rings. The predicted octanol–water partition coefficient (Wildman–Crippen LogP) is 4.20. The van der Waals surface area contributed by atoms with Crippen molar-refractivity contribution < 1.29 is 9.90 Å². The van der Waals surface area contributed by atoms with Crippen LogP contribution in [0.25, 0.3) is 11.1 Å². The van der Waals surface area contributed by atoms with Crippen LogP contribution in [0.2, 0.25) is 0 Å². The van der Waals surface area contributed by atoms with Crippen molar-refractivity contribution in [3.63, 3.8) is 0 Å². The summed E-state index contributed by atoms with van der Waals surface area (Å²) in [5.74, 6) is -0.889. The molecule has 0 heterocycles. The molecule has 2 nitrogen and oxygen atoms in total. The van der Waals surface area contributed by atoms with Crippen molar-refractivity contribution in [2.45, 2.75) is 4.90 Å². The van der Waals surface area contributed by atoms with Gasteiger partial charge in [-0.15, -0.1) is 24.2 Å². The van der Waals surface area contributed by atoms with Crippen molar-refractivity contribution in [1.29, 1.82) is 0 Å². The number of carboxylic acid groups (broad SMARTS) is 1. The van der Waals surface area contributed by atoms with E-state index in [-0.39, 0.29) is 12.4 Å². The lowest BCUT2D eigenvalue weighted by molar-refractivity contribution is 0.0696. The Bertz CT molecular complexity index is 541. The standard InChI is InChI=1S/C14H12O2S.ClH/c1-17-13-9-11(14(15)16)7-8-12(13)10-5-3-2-4-6-10;/h2-9H,1H3,(H,15,16);1H. The van der Waals surface area contributed by atoms with Gasteiger partial charge in [-0.05, 0) is 29.5 Å². The van der Waals surface area contributed by atoms with Gasteiger partial charge < -0.3 is 5.11 Å². The van der Waals surface area contributed by atoms with Crippen LogP contribution >= 0.6 is 24.2 Å². The van der Waals surface area contributed by atoms with Gasteiger partial charge in [-0.25, -0.2) is 4.79 Å². The molecule has 0 unspecified atom stereocenters. The van der Waals surface area contributed by atoms with Gasteiger partial charge >= 0.3 is 5.97 Å². The average molecular weight is 281 g/mol. The van der Waals surface area contributed by atoms with Crippen LogP contribution in [0.4, 0.5) is 0 Å². The third-order valence-electron chi connectivity index (χ3n) is 2.53. The molecule has 0 aromatic heterocycles. The van der Waals surface area contributed by atoms with E-state index in [2.05, 4.69) is 0 Å². The second kappa shape index (κ2) is 6.47. The Morgan fingerprint density at radius 2 is 1.78 bits per heavy atom. The van der Waals surface area contributed by atoms with Gasteiger partial charge in [-0.2, -0.15) is 0 Å². The molecule has 4 heteroatoms. The fraction of sp³-hybridized carbons (Fsp3) is 0.0714. The second-order valence-corrected chi connectivity index (χ2v) is 4.43. The molecule has 0 fully saturated rings. The third-order valence-corrected chi connectivity index (χ3v) is 3.31. The second-order valence-electron chi connectivity index (χ2n) is 3.59. The van der Waals surface area contributed by atoms with Crippen molar-refractivity contribution in [2.75, 3.05) is 6.26 Å². The molecule has 0 atom stereocenters. The smallest absolute Gasteiger partial charge is 0.335 e. The number of benzene rings is 2. The number of hydrogen-bond acceptors (Lipinski definition) is 2. The van der Waals surface area contributed by atoms with Crippen molar-refractivity contribution in [1.82, 2.24) is 0 Å². The monoisotopic (exact) mass is 280 g/mol. The fourth-order valence-corrected chi connectivity index (χ4v) is 2.33. The zero-order valence-corrected chi connectivity index (χ0v) is 11.4. The van der Waals surface area contributed by atoms with Gasteiger partial charge in [0, 0.05) is 4.90 Å². The molecule has 18 heavy (non-hydrogen) atoms. The van der Waals surface area contributed by atoms with Gasteiger partial charge in [0.25, 0.3) is 0 Å². The summed E-state index contributed by atoms with van der Waals surface area (Å²) in [4.78, 5) is 11.9. The van der Waals surface area contributed by atoms with Crippen LogP contribution < -0.4 is 0 Å². The summed E-state index contributed by atoms with van der Waals surface area (Å²) in [6.45, 7) is 0. The van der Waals surface area contributed by atoms with Gasteiger partial charge in [0.1, 0.15) is 0 Å². The molecule has 0 radical (unpaired) electrons. The van der Waals surface area contributed by atoms with Crippen molar-refractivity contribution in [2.24, 2.45) is 0 Å². The SMILES string of the molecule is CSc1cc(C(=O)O)ccc1-c1ccccc1.Cl. The topological polar surface area (TPSA) is 37.3 Å². The molecule has 0 bridgehead atoms. The molecule has 0 saturated heterocycles. The van der Waals surface area contributed by atoms with Crippen LogP contribution in [0.15, 0.2) is 53.4 Å². The molecule has 0 saturated carbocycles. The first-order valence-electron chi connectivity index (χ1n) is 5.19. The van der Waals surface area contributed by atoms with Crippen molar-refractivity contribution in [3.05, 3.63) is 54.1 Å². The van der Waals surface area contributed by atoms with Gasteiger partial charge in [-0.3, -0.25) is 0 Å². The Hall–Kier alpha value is -1.45. The lowest BCUT2D eigenvalue weighted by Crippen LogP contribution is -1.96. The van der Waals surface area contributed by atoms with Crippen LogP contribution in [0.5, 0.6) is 0 Å². The molecule has 0 aliphatic carbocycles. The summed E-state index contributed by atoms with van der Waals surface area (Å²) < 4.78 is 0. The summed E-state index contributed by atoms with van der Waals surface area (Å²) in [5, 5.41) is 8.96. The summed E-state index contributed by atoms with van der Waals surface area (Å²) in [7, 11) is 0. The average Bonchev–Trinajstić information content (AvgIpc) is 2.39. The molecule has 2 aromatic carbocycles. The number of halogens is 1. The Balaban J connectivity index is 0.00000162. The zero-order valence-electron chi connectivity index (χ0n) is 9.79. The maximum atomic E-state index is 10.9. The zero-order chi connectivity index (χ0) is 12.3. The van der Waals surface area contributed by atoms with E-state index < -0.39 is 5.97 Å². The van der Waals surface area contributed by atoms with E-state index in [0.717, 1.165) is 16.0 Å². The molecule has 2 rings (SSSR count). The van der Waals surface area contributed by atoms with E-state index in [4.69, 9.17) is 5.11 Å². The highest BCUT2D eigenvalue weighted by Crippen LogP contribution is 2.30. The van der Waals surface area contributed by atoms with E-state index in [1.165, 1.54) is 0 Å². The minimum Gasteiger partial charge on any atom is -0.478 e. The Morgan fingerprint density at radius 3 is 2.33 bits per heavy atom. The first kappa shape index (κ1) is 14.6. The van der Waals surface area contributed by atoms with Crippen LogP contribution in [0.1, 0.15) is 10.4 Å². The van der Waals surface area contributed by atoms with E-state index >= 15 is 0 Å². The summed E-state index contributed by atoms with van der Waals surface area (Å²) in [6, 6.07) is 15.2. The van der Waals surface area contributed by atoms with Gasteiger partial charge in [-0.1, -0.05) is 36.4 Å². The van der Waals surface area contributed by atoms with Gasteiger partial charge in [0.2, 0.25) is 0 Å². The predicted molar refractivity (Wildman–Crippen MR) is 77.9 cm³/mol. The molecule has 2 aromatic rings. The van der Waals surface area contributed by atoms with Crippen LogP contribution in [0, 0.1) is 0 Å². The first-order valence-corrected chi connectivity index (χ1v) is 6.41. The summed E-state index contributed by atoms with van der Waals surface area (Å²) in [5.41, 5.74) is 2.51. The summed E-state index contributed by atoms with van der Waals surface area (Å²) >= 11 is 1.56. The van der Waals surface area contributed by atoms with Crippen LogP contribution in [-0.2, 0) is 0 Å². The number of hydrogen-bond donors (Lipinski definition) is 1.